The van der Waals surface area contributed by atoms with E-state index in [-0.39, 0.29) is 11.9 Å². The number of nitrogens with one attached hydrogen (secondary N) is 1. The highest BCUT2D eigenvalue weighted by Gasteiger charge is 2.17. The maximum absolute atomic E-state index is 13.7. The third kappa shape index (κ3) is 2.43. The zero-order valence-electron chi connectivity index (χ0n) is 10.9. The topological polar surface area (TPSA) is 29.9 Å². The largest absolute Gasteiger partial charge is 0.336 e. The molecular formula is C14H18FN3. The van der Waals surface area contributed by atoms with Crippen molar-refractivity contribution in [2.45, 2.75) is 19.9 Å². The SMILES string of the molecule is CCNC(c1ccc(C)c(F)c1)c1nccn1C. The highest BCUT2D eigenvalue weighted by Crippen LogP contribution is 2.22. The van der Waals surface area contributed by atoms with Gasteiger partial charge in [-0.2, -0.15) is 0 Å². The van der Waals surface area contributed by atoms with Crippen LogP contribution in [0.5, 0.6) is 0 Å². The molecule has 1 aromatic heterocycles. The Morgan fingerprint density at radius 1 is 1.44 bits per heavy atom. The monoisotopic (exact) mass is 247 g/mol. The minimum absolute atomic E-state index is 0.0786. The molecule has 18 heavy (non-hydrogen) atoms. The Bertz CT molecular complexity index is 534. The van der Waals surface area contributed by atoms with Gasteiger partial charge in [0.05, 0.1) is 6.04 Å². The lowest BCUT2D eigenvalue weighted by Crippen LogP contribution is -2.25. The number of aryl methyl sites for hydroxylation is 2. The maximum Gasteiger partial charge on any atom is 0.130 e. The van der Waals surface area contributed by atoms with E-state index >= 15 is 0 Å². The summed E-state index contributed by atoms with van der Waals surface area (Å²) in [7, 11) is 1.94. The van der Waals surface area contributed by atoms with Crippen LogP contribution < -0.4 is 5.32 Å². The molecule has 0 saturated carbocycles. The molecule has 0 aliphatic rings. The van der Waals surface area contributed by atoms with E-state index in [4.69, 9.17) is 0 Å². The van der Waals surface area contributed by atoms with Crippen LogP contribution >= 0.6 is 0 Å². The molecule has 0 aliphatic heterocycles. The van der Waals surface area contributed by atoms with Crippen molar-refractivity contribution in [2.24, 2.45) is 7.05 Å². The van der Waals surface area contributed by atoms with Gasteiger partial charge in [0.15, 0.2) is 0 Å². The second-order valence-corrected chi connectivity index (χ2v) is 4.40. The van der Waals surface area contributed by atoms with Gasteiger partial charge in [0.25, 0.3) is 0 Å². The summed E-state index contributed by atoms with van der Waals surface area (Å²) in [4.78, 5) is 4.34. The summed E-state index contributed by atoms with van der Waals surface area (Å²) in [5, 5.41) is 3.34. The van der Waals surface area contributed by atoms with Crippen LogP contribution in [0, 0.1) is 12.7 Å². The van der Waals surface area contributed by atoms with Gasteiger partial charge in [0, 0.05) is 19.4 Å². The molecule has 0 bridgehead atoms. The molecule has 0 fully saturated rings. The number of benzene rings is 1. The first-order chi connectivity index (χ1) is 8.63. The average molecular weight is 247 g/mol. The number of halogens is 1. The van der Waals surface area contributed by atoms with E-state index in [1.54, 1.807) is 25.3 Å². The van der Waals surface area contributed by atoms with Crippen molar-refractivity contribution in [3.05, 3.63) is 53.4 Å². The molecule has 1 atom stereocenters. The molecule has 1 heterocycles. The van der Waals surface area contributed by atoms with Crippen LogP contribution in [0.25, 0.3) is 0 Å². The summed E-state index contributed by atoms with van der Waals surface area (Å²) in [6.07, 6.45) is 3.65. The first kappa shape index (κ1) is 12.8. The van der Waals surface area contributed by atoms with Crippen LogP contribution in [0.3, 0.4) is 0 Å². The van der Waals surface area contributed by atoms with Crippen molar-refractivity contribution in [1.82, 2.24) is 14.9 Å². The Kier molecular flexibility index (Phi) is 3.77. The number of rotatable bonds is 4. The van der Waals surface area contributed by atoms with Crippen LogP contribution in [0.4, 0.5) is 4.39 Å². The average Bonchev–Trinajstić information content (AvgIpc) is 2.76. The van der Waals surface area contributed by atoms with Crippen molar-refractivity contribution < 1.29 is 4.39 Å². The predicted molar refractivity (Wildman–Crippen MR) is 69.9 cm³/mol. The van der Waals surface area contributed by atoms with Crippen LogP contribution in [-0.2, 0) is 7.05 Å². The fourth-order valence-electron chi connectivity index (χ4n) is 2.01. The van der Waals surface area contributed by atoms with Gasteiger partial charge in [-0.15, -0.1) is 0 Å². The zero-order valence-corrected chi connectivity index (χ0v) is 10.9. The summed E-state index contributed by atoms with van der Waals surface area (Å²) in [6, 6.07) is 5.25. The highest BCUT2D eigenvalue weighted by molar-refractivity contribution is 5.29. The molecule has 3 nitrogen and oxygen atoms in total. The van der Waals surface area contributed by atoms with Crippen LogP contribution in [0.2, 0.25) is 0 Å². The Morgan fingerprint density at radius 3 is 2.78 bits per heavy atom. The Hall–Kier alpha value is -1.68. The quantitative estimate of drug-likeness (QED) is 0.900. The summed E-state index contributed by atoms with van der Waals surface area (Å²) in [5.74, 6) is 0.713. The molecule has 96 valence electrons. The first-order valence-electron chi connectivity index (χ1n) is 6.10. The normalized spacial score (nSPS) is 12.7. The first-order valence-corrected chi connectivity index (χ1v) is 6.10. The van der Waals surface area contributed by atoms with Gasteiger partial charge >= 0.3 is 0 Å². The highest BCUT2D eigenvalue weighted by atomic mass is 19.1. The lowest BCUT2D eigenvalue weighted by atomic mass is 10.0. The molecule has 2 aromatic rings. The fraction of sp³-hybridized carbons (Fsp3) is 0.357. The lowest BCUT2D eigenvalue weighted by molar-refractivity contribution is 0.566. The Balaban J connectivity index is 2.41. The lowest BCUT2D eigenvalue weighted by Gasteiger charge is -2.18. The molecule has 2 rings (SSSR count). The molecule has 0 saturated heterocycles. The van der Waals surface area contributed by atoms with Gasteiger partial charge in [-0.05, 0) is 30.7 Å². The summed E-state index contributed by atoms with van der Waals surface area (Å²) in [5.41, 5.74) is 1.56. The van der Waals surface area contributed by atoms with E-state index in [0.29, 0.717) is 5.56 Å². The molecular weight excluding hydrogens is 229 g/mol. The van der Waals surface area contributed by atoms with Gasteiger partial charge in [0.2, 0.25) is 0 Å². The van der Waals surface area contributed by atoms with Crippen LogP contribution in [-0.4, -0.2) is 16.1 Å². The van der Waals surface area contributed by atoms with Gasteiger partial charge in [0.1, 0.15) is 11.6 Å². The Labute approximate surface area is 107 Å². The van der Waals surface area contributed by atoms with E-state index in [0.717, 1.165) is 17.9 Å². The van der Waals surface area contributed by atoms with Crippen molar-refractivity contribution >= 4 is 0 Å². The molecule has 0 amide bonds. The second-order valence-electron chi connectivity index (χ2n) is 4.40. The molecule has 1 aromatic carbocycles. The second kappa shape index (κ2) is 5.31. The Morgan fingerprint density at radius 2 is 2.22 bits per heavy atom. The number of hydrogen-bond acceptors (Lipinski definition) is 2. The van der Waals surface area contributed by atoms with E-state index in [1.165, 1.54) is 0 Å². The molecule has 0 radical (unpaired) electrons. The number of aromatic nitrogens is 2. The van der Waals surface area contributed by atoms with Crippen molar-refractivity contribution in [2.75, 3.05) is 6.54 Å². The molecule has 0 spiro atoms. The molecule has 1 N–H and O–H groups in total. The third-order valence-corrected chi connectivity index (χ3v) is 3.05. The van der Waals surface area contributed by atoms with Gasteiger partial charge < -0.3 is 9.88 Å². The van der Waals surface area contributed by atoms with E-state index in [9.17, 15) is 4.39 Å². The summed E-state index contributed by atoms with van der Waals surface area (Å²) < 4.78 is 15.6. The summed E-state index contributed by atoms with van der Waals surface area (Å²) in [6.45, 7) is 4.59. The number of nitrogens with zero attached hydrogens (tertiary/aromatic N) is 2. The van der Waals surface area contributed by atoms with E-state index in [2.05, 4.69) is 10.3 Å². The number of imidazole rings is 1. The smallest absolute Gasteiger partial charge is 0.130 e. The van der Waals surface area contributed by atoms with Crippen LogP contribution in [0.1, 0.15) is 29.9 Å². The minimum atomic E-state index is -0.176. The molecule has 4 heteroatoms. The molecule has 0 aliphatic carbocycles. The van der Waals surface area contributed by atoms with Crippen molar-refractivity contribution in [3.8, 4) is 0 Å². The standard InChI is InChI=1S/C14H18FN3/c1-4-16-13(14-17-7-8-18(14)3)11-6-5-10(2)12(15)9-11/h5-9,13,16H,4H2,1-3H3. The minimum Gasteiger partial charge on any atom is -0.336 e. The van der Waals surface area contributed by atoms with Crippen molar-refractivity contribution in [1.29, 1.82) is 0 Å². The molecule has 1 unspecified atom stereocenters. The van der Waals surface area contributed by atoms with Crippen LogP contribution in [0.15, 0.2) is 30.6 Å². The van der Waals surface area contributed by atoms with Gasteiger partial charge in [-0.3, -0.25) is 0 Å². The summed E-state index contributed by atoms with van der Waals surface area (Å²) >= 11 is 0. The van der Waals surface area contributed by atoms with Gasteiger partial charge in [-0.1, -0.05) is 19.1 Å². The fourth-order valence-corrected chi connectivity index (χ4v) is 2.01. The van der Waals surface area contributed by atoms with Gasteiger partial charge in [-0.25, -0.2) is 9.37 Å². The predicted octanol–water partition coefficient (Wildman–Crippen LogP) is 2.57. The third-order valence-electron chi connectivity index (χ3n) is 3.05. The zero-order chi connectivity index (χ0) is 13.1. The van der Waals surface area contributed by atoms with Crippen molar-refractivity contribution in [3.63, 3.8) is 0 Å². The van der Waals surface area contributed by atoms with E-state index < -0.39 is 0 Å². The van der Waals surface area contributed by atoms with E-state index in [1.807, 2.05) is 30.8 Å². The number of hydrogen-bond donors (Lipinski definition) is 1. The maximum atomic E-state index is 13.7.